The second kappa shape index (κ2) is 3.57. The monoisotopic (exact) mass is 244 g/mol. The van der Waals surface area contributed by atoms with Crippen LogP contribution in [-0.4, -0.2) is 13.6 Å². The first-order chi connectivity index (χ1) is 8.19. The van der Waals surface area contributed by atoms with Crippen molar-refractivity contribution in [2.45, 2.75) is 0 Å². The van der Waals surface area contributed by atoms with E-state index in [2.05, 4.69) is 6.07 Å². The molecular formula is C13H9FN2S. The summed E-state index contributed by atoms with van der Waals surface area (Å²) in [6, 6.07) is 7.66. The highest BCUT2D eigenvalue weighted by atomic mass is 32.1. The van der Waals surface area contributed by atoms with Crippen molar-refractivity contribution in [3.8, 4) is 6.07 Å². The molecule has 0 bridgehead atoms. The van der Waals surface area contributed by atoms with Crippen molar-refractivity contribution in [1.29, 1.82) is 5.26 Å². The van der Waals surface area contributed by atoms with Crippen molar-refractivity contribution in [3.05, 3.63) is 35.2 Å². The van der Waals surface area contributed by atoms with Crippen LogP contribution < -0.4 is 4.90 Å². The third-order valence-electron chi connectivity index (χ3n) is 2.87. The van der Waals surface area contributed by atoms with E-state index in [9.17, 15) is 4.39 Å². The number of benzene rings is 1. The minimum absolute atomic E-state index is 0.137. The van der Waals surface area contributed by atoms with Crippen LogP contribution in [0.3, 0.4) is 0 Å². The third-order valence-corrected chi connectivity index (χ3v) is 4.17. The number of fused-ring (bicyclic) bond motifs is 3. The molecule has 84 valence electrons. The van der Waals surface area contributed by atoms with E-state index in [1.165, 1.54) is 0 Å². The summed E-state index contributed by atoms with van der Waals surface area (Å²) >= 11 is 1.63. The zero-order chi connectivity index (χ0) is 12.0. The van der Waals surface area contributed by atoms with E-state index in [1.54, 1.807) is 23.5 Å². The number of hydrogen-bond acceptors (Lipinski definition) is 3. The molecule has 2 aromatic rings. The lowest BCUT2D eigenvalue weighted by atomic mass is 10.1. The van der Waals surface area contributed by atoms with Crippen LogP contribution in [0.2, 0.25) is 0 Å². The van der Waals surface area contributed by atoms with Crippen LogP contribution >= 0.6 is 11.3 Å². The molecule has 0 N–H and O–H groups in total. The lowest BCUT2D eigenvalue weighted by Gasteiger charge is -2.21. The molecule has 0 aliphatic carbocycles. The number of thiophene rings is 1. The summed E-state index contributed by atoms with van der Waals surface area (Å²) in [6.07, 6.45) is 1.58. The van der Waals surface area contributed by atoms with Crippen molar-refractivity contribution >= 4 is 32.5 Å². The van der Waals surface area contributed by atoms with E-state index in [1.807, 2.05) is 24.1 Å². The van der Waals surface area contributed by atoms with E-state index in [0.717, 1.165) is 20.7 Å². The van der Waals surface area contributed by atoms with Gasteiger partial charge in [-0.15, -0.1) is 11.3 Å². The molecule has 1 aliphatic rings. The average Bonchev–Trinajstić information content (AvgIpc) is 2.67. The maximum Gasteiger partial charge on any atom is 0.120 e. The van der Waals surface area contributed by atoms with Crippen LogP contribution in [0.4, 0.5) is 9.39 Å². The first-order valence-electron chi connectivity index (χ1n) is 5.23. The van der Waals surface area contributed by atoms with Crippen molar-refractivity contribution in [2.75, 3.05) is 18.5 Å². The molecule has 1 aromatic carbocycles. The molecule has 0 spiro atoms. The van der Waals surface area contributed by atoms with E-state index >= 15 is 0 Å². The lowest BCUT2D eigenvalue weighted by molar-refractivity contribution is 0.615. The molecule has 2 heterocycles. The first-order valence-corrected chi connectivity index (χ1v) is 6.04. The van der Waals surface area contributed by atoms with Gasteiger partial charge in [0.05, 0.1) is 23.2 Å². The Bertz CT molecular complexity index is 679. The summed E-state index contributed by atoms with van der Waals surface area (Å²) in [5.41, 5.74) is 1.51. The van der Waals surface area contributed by atoms with Gasteiger partial charge in [-0.3, -0.25) is 0 Å². The number of likely N-dealkylation sites (N-methyl/N-ethyl adjacent to an activating group) is 1. The quantitative estimate of drug-likeness (QED) is 0.708. The SMILES string of the molecule is CN1CC(F)=Cc2c1sc1ccc(C#N)cc21. The van der Waals surface area contributed by atoms with Crippen LogP contribution in [-0.2, 0) is 0 Å². The minimum atomic E-state index is -0.137. The van der Waals surface area contributed by atoms with Gasteiger partial charge in [0.1, 0.15) is 5.83 Å². The average molecular weight is 244 g/mol. The number of rotatable bonds is 0. The normalized spacial score (nSPS) is 14.4. The minimum Gasteiger partial charge on any atom is -0.359 e. The Morgan fingerprint density at radius 2 is 2.29 bits per heavy atom. The van der Waals surface area contributed by atoms with E-state index in [0.29, 0.717) is 12.1 Å². The molecular weight excluding hydrogens is 235 g/mol. The summed E-state index contributed by atoms with van der Waals surface area (Å²) in [5, 5.41) is 10.9. The van der Waals surface area contributed by atoms with Gasteiger partial charge in [-0.1, -0.05) is 0 Å². The zero-order valence-electron chi connectivity index (χ0n) is 9.20. The fraction of sp³-hybridized carbons (Fsp3) is 0.154. The highest BCUT2D eigenvalue weighted by Gasteiger charge is 2.20. The second-order valence-corrected chi connectivity index (χ2v) is 5.12. The molecule has 1 aliphatic heterocycles. The van der Waals surface area contributed by atoms with E-state index < -0.39 is 0 Å². The Balaban J connectivity index is 2.35. The first kappa shape index (κ1) is 10.3. The molecule has 4 heteroatoms. The smallest absolute Gasteiger partial charge is 0.120 e. The molecule has 3 rings (SSSR count). The molecule has 0 saturated carbocycles. The van der Waals surface area contributed by atoms with Gasteiger partial charge in [-0.05, 0) is 24.3 Å². The van der Waals surface area contributed by atoms with Gasteiger partial charge in [0.15, 0.2) is 0 Å². The molecule has 2 nitrogen and oxygen atoms in total. The highest BCUT2D eigenvalue weighted by Crippen LogP contribution is 2.42. The summed E-state index contributed by atoms with van der Waals surface area (Å²) < 4.78 is 14.5. The van der Waals surface area contributed by atoms with Crippen molar-refractivity contribution < 1.29 is 4.39 Å². The fourth-order valence-electron chi connectivity index (χ4n) is 2.10. The maximum absolute atomic E-state index is 13.5. The Morgan fingerprint density at radius 3 is 3.06 bits per heavy atom. The molecule has 0 unspecified atom stereocenters. The number of anilines is 1. The molecule has 0 amide bonds. The van der Waals surface area contributed by atoms with Crippen molar-refractivity contribution in [3.63, 3.8) is 0 Å². The molecule has 0 saturated heterocycles. The van der Waals surface area contributed by atoms with Crippen molar-refractivity contribution in [1.82, 2.24) is 0 Å². The summed E-state index contributed by atoms with van der Waals surface area (Å²) in [6.45, 7) is 0.324. The van der Waals surface area contributed by atoms with Crippen molar-refractivity contribution in [2.24, 2.45) is 0 Å². The largest absolute Gasteiger partial charge is 0.359 e. The molecule has 0 radical (unpaired) electrons. The molecule has 0 atom stereocenters. The van der Waals surface area contributed by atoms with E-state index in [4.69, 9.17) is 5.26 Å². The Hall–Kier alpha value is -1.86. The second-order valence-electron chi connectivity index (χ2n) is 4.09. The predicted octanol–water partition coefficient (Wildman–Crippen LogP) is 3.53. The Labute approximate surface area is 102 Å². The number of nitrogens with zero attached hydrogens (tertiary/aromatic N) is 2. The highest BCUT2D eigenvalue weighted by molar-refractivity contribution is 7.23. The van der Waals surface area contributed by atoms with Crippen LogP contribution in [0.1, 0.15) is 11.1 Å². The van der Waals surface area contributed by atoms with Gasteiger partial charge in [-0.2, -0.15) is 5.26 Å². The van der Waals surface area contributed by atoms with Crippen LogP contribution in [0.5, 0.6) is 0 Å². The van der Waals surface area contributed by atoms with Gasteiger partial charge in [0.2, 0.25) is 0 Å². The fourth-order valence-corrected chi connectivity index (χ4v) is 3.22. The van der Waals surface area contributed by atoms with Gasteiger partial charge >= 0.3 is 0 Å². The Morgan fingerprint density at radius 1 is 1.47 bits per heavy atom. The van der Waals surface area contributed by atoms with Gasteiger partial charge in [0, 0.05) is 22.7 Å². The number of halogens is 1. The summed E-state index contributed by atoms with van der Waals surface area (Å²) in [4.78, 5) is 1.90. The summed E-state index contributed by atoms with van der Waals surface area (Å²) in [7, 11) is 1.88. The summed E-state index contributed by atoms with van der Waals surface area (Å²) in [5.74, 6) is -0.137. The van der Waals surface area contributed by atoms with Crippen LogP contribution in [0.15, 0.2) is 24.0 Å². The molecule has 1 aromatic heterocycles. The molecule has 0 fully saturated rings. The van der Waals surface area contributed by atoms with Gasteiger partial charge in [-0.25, -0.2) is 4.39 Å². The number of hydrogen-bond donors (Lipinski definition) is 0. The Kier molecular flexibility index (Phi) is 2.17. The lowest BCUT2D eigenvalue weighted by Crippen LogP contribution is -2.20. The predicted molar refractivity (Wildman–Crippen MR) is 68.9 cm³/mol. The molecule has 17 heavy (non-hydrogen) atoms. The zero-order valence-corrected chi connectivity index (χ0v) is 10.0. The van der Waals surface area contributed by atoms with Crippen LogP contribution in [0.25, 0.3) is 16.2 Å². The maximum atomic E-state index is 13.5. The van der Waals surface area contributed by atoms with Gasteiger partial charge < -0.3 is 4.90 Å². The topological polar surface area (TPSA) is 27.0 Å². The van der Waals surface area contributed by atoms with Crippen LogP contribution in [0, 0.1) is 11.3 Å². The number of nitriles is 1. The van der Waals surface area contributed by atoms with E-state index in [-0.39, 0.29) is 5.83 Å². The standard InChI is InChI=1S/C13H9FN2S/c1-16-7-9(14)5-11-10-4-8(6-15)2-3-12(10)17-13(11)16/h2-5H,7H2,1H3. The third kappa shape index (κ3) is 1.51. The van der Waals surface area contributed by atoms with Gasteiger partial charge in [0.25, 0.3) is 0 Å².